The van der Waals surface area contributed by atoms with Gasteiger partial charge in [0.1, 0.15) is 6.04 Å². The van der Waals surface area contributed by atoms with Crippen molar-refractivity contribution in [1.29, 1.82) is 0 Å². The van der Waals surface area contributed by atoms with E-state index >= 15 is 0 Å². The van der Waals surface area contributed by atoms with Crippen LogP contribution in [0.1, 0.15) is 15.9 Å². The van der Waals surface area contributed by atoms with Crippen LogP contribution < -0.4 is 16.0 Å². The van der Waals surface area contributed by atoms with Crippen LogP contribution in [0, 0.1) is 11.6 Å². The van der Waals surface area contributed by atoms with Gasteiger partial charge in [-0.05, 0) is 35.4 Å². The standard InChI is InChI=1S/C18H12F5N3O3/c19-12-5-10(8-1-3-9(4-2-8)18(21,22)23)11(6-13(12)20)15(27)24-7-14-16(28)26-17(29)25-14/h1-6,14H,7H2,(H,24,27)(H2,25,26,28,29)/t14-/m1/s1. The lowest BCUT2D eigenvalue weighted by molar-refractivity contribution is -0.137. The van der Waals surface area contributed by atoms with Crippen molar-refractivity contribution in [1.82, 2.24) is 16.0 Å². The zero-order valence-corrected chi connectivity index (χ0v) is 14.4. The lowest BCUT2D eigenvalue weighted by Gasteiger charge is -2.14. The maximum Gasteiger partial charge on any atom is 0.416 e. The highest BCUT2D eigenvalue weighted by Gasteiger charge is 2.31. The van der Waals surface area contributed by atoms with Crippen LogP contribution in [0.4, 0.5) is 26.7 Å². The Balaban J connectivity index is 1.88. The first-order chi connectivity index (χ1) is 13.6. The van der Waals surface area contributed by atoms with Crippen molar-refractivity contribution in [2.45, 2.75) is 12.2 Å². The van der Waals surface area contributed by atoms with Crippen molar-refractivity contribution in [2.75, 3.05) is 6.54 Å². The minimum atomic E-state index is -4.58. The second-order valence-corrected chi connectivity index (χ2v) is 6.11. The number of amides is 4. The van der Waals surface area contributed by atoms with Gasteiger partial charge in [-0.15, -0.1) is 0 Å². The maximum atomic E-state index is 13.7. The summed E-state index contributed by atoms with van der Waals surface area (Å²) in [6, 6.07) is 3.04. The van der Waals surface area contributed by atoms with Gasteiger partial charge in [0.05, 0.1) is 11.1 Å². The fourth-order valence-electron chi connectivity index (χ4n) is 2.70. The summed E-state index contributed by atoms with van der Waals surface area (Å²) in [5.41, 5.74) is -1.39. The van der Waals surface area contributed by atoms with E-state index in [1.54, 1.807) is 0 Å². The largest absolute Gasteiger partial charge is 0.416 e. The van der Waals surface area contributed by atoms with Crippen molar-refractivity contribution >= 4 is 17.8 Å². The molecule has 0 aliphatic carbocycles. The molecule has 0 unspecified atom stereocenters. The molecule has 0 spiro atoms. The van der Waals surface area contributed by atoms with Crippen LogP contribution >= 0.6 is 0 Å². The molecule has 3 N–H and O–H groups in total. The first kappa shape index (κ1) is 20.2. The van der Waals surface area contributed by atoms with Crippen LogP contribution in [0.5, 0.6) is 0 Å². The molecule has 2 aromatic carbocycles. The van der Waals surface area contributed by atoms with E-state index < -0.39 is 47.3 Å². The summed E-state index contributed by atoms with van der Waals surface area (Å²) >= 11 is 0. The van der Waals surface area contributed by atoms with Gasteiger partial charge in [0.25, 0.3) is 11.8 Å². The summed E-state index contributed by atoms with van der Waals surface area (Å²) < 4.78 is 65.6. The number of urea groups is 1. The summed E-state index contributed by atoms with van der Waals surface area (Å²) in [5.74, 6) is -4.21. The van der Waals surface area contributed by atoms with Crippen LogP contribution in [0.25, 0.3) is 11.1 Å². The summed E-state index contributed by atoms with van der Waals surface area (Å²) in [5, 5.41) is 6.50. The lowest BCUT2D eigenvalue weighted by Crippen LogP contribution is -2.41. The van der Waals surface area contributed by atoms with Gasteiger partial charge >= 0.3 is 12.2 Å². The zero-order chi connectivity index (χ0) is 21.3. The van der Waals surface area contributed by atoms with E-state index in [2.05, 4.69) is 10.6 Å². The SMILES string of the molecule is O=C1NC(=O)[C@@H](CNC(=O)c2cc(F)c(F)cc2-c2ccc(C(F)(F)F)cc2)N1. The van der Waals surface area contributed by atoms with Crippen molar-refractivity contribution in [3.05, 3.63) is 59.2 Å². The predicted molar refractivity (Wildman–Crippen MR) is 89.6 cm³/mol. The van der Waals surface area contributed by atoms with Crippen molar-refractivity contribution in [3.8, 4) is 11.1 Å². The molecule has 6 nitrogen and oxygen atoms in total. The minimum Gasteiger partial charge on any atom is -0.349 e. The van der Waals surface area contributed by atoms with Crippen molar-refractivity contribution in [3.63, 3.8) is 0 Å². The van der Waals surface area contributed by atoms with E-state index in [4.69, 9.17) is 0 Å². The number of benzene rings is 2. The van der Waals surface area contributed by atoms with Gasteiger partial charge in [-0.3, -0.25) is 14.9 Å². The van der Waals surface area contributed by atoms with Gasteiger partial charge in [0, 0.05) is 6.54 Å². The van der Waals surface area contributed by atoms with E-state index in [0.717, 1.165) is 24.3 Å². The number of alkyl halides is 3. The van der Waals surface area contributed by atoms with Crippen LogP contribution in [0.2, 0.25) is 0 Å². The molecule has 152 valence electrons. The fraction of sp³-hybridized carbons (Fsp3) is 0.167. The molecule has 11 heteroatoms. The molecule has 1 saturated heterocycles. The molecular formula is C18H12F5N3O3. The van der Waals surface area contributed by atoms with E-state index in [0.29, 0.717) is 12.1 Å². The van der Waals surface area contributed by atoms with Crippen molar-refractivity contribution < 1.29 is 36.3 Å². The highest BCUT2D eigenvalue weighted by Crippen LogP contribution is 2.32. The number of rotatable bonds is 4. The Bertz CT molecular complexity index is 989. The quantitative estimate of drug-likeness (QED) is 0.532. The van der Waals surface area contributed by atoms with E-state index in [1.165, 1.54) is 0 Å². The highest BCUT2D eigenvalue weighted by atomic mass is 19.4. The first-order valence-electron chi connectivity index (χ1n) is 8.12. The normalized spacial score (nSPS) is 16.4. The Labute approximate surface area is 160 Å². The average Bonchev–Trinajstić information content (AvgIpc) is 2.98. The molecule has 4 amide bonds. The topological polar surface area (TPSA) is 87.3 Å². The highest BCUT2D eigenvalue weighted by molar-refractivity contribution is 6.05. The molecule has 1 atom stereocenters. The smallest absolute Gasteiger partial charge is 0.349 e. The van der Waals surface area contributed by atoms with Crippen LogP contribution in [0.3, 0.4) is 0 Å². The molecule has 3 rings (SSSR count). The third-order valence-electron chi connectivity index (χ3n) is 4.15. The van der Waals surface area contributed by atoms with Crippen molar-refractivity contribution in [2.24, 2.45) is 0 Å². The third kappa shape index (κ3) is 4.33. The number of carbonyl (C=O) groups is 3. The molecule has 2 aromatic rings. The molecule has 1 aliphatic rings. The fourth-order valence-corrected chi connectivity index (χ4v) is 2.70. The van der Waals surface area contributed by atoms with Crippen LogP contribution in [-0.4, -0.2) is 30.4 Å². The molecule has 29 heavy (non-hydrogen) atoms. The molecular weight excluding hydrogens is 401 g/mol. The molecule has 0 saturated carbocycles. The Kier molecular flexibility index (Phi) is 5.23. The average molecular weight is 413 g/mol. The third-order valence-corrected chi connectivity index (χ3v) is 4.15. The van der Waals surface area contributed by atoms with Gasteiger partial charge in [0.2, 0.25) is 0 Å². The summed E-state index contributed by atoms with van der Waals surface area (Å²) in [6.07, 6.45) is -4.58. The summed E-state index contributed by atoms with van der Waals surface area (Å²) in [7, 11) is 0. The Morgan fingerprint density at radius 2 is 1.66 bits per heavy atom. The second kappa shape index (κ2) is 7.49. The Morgan fingerprint density at radius 1 is 1.03 bits per heavy atom. The number of halogens is 5. The van der Waals surface area contributed by atoms with Gasteiger partial charge in [-0.1, -0.05) is 12.1 Å². The monoisotopic (exact) mass is 413 g/mol. The van der Waals surface area contributed by atoms with Gasteiger partial charge in [0.15, 0.2) is 11.6 Å². The number of nitrogens with one attached hydrogen (secondary N) is 3. The van der Waals surface area contributed by atoms with Crippen LogP contribution in [-0.2, 0) is 11.0 Å². The number of hydrogen-bond donors (Lipinski definition) is 3. The Morgan fingerprint density at radius 3 is 2.21 bits per heavy atom. The summed E-state index contributed by atoms with van der Waals surface area (Å²) in [6.45, 7) is -0.331. The first-order valence-corrected chi connectivity index (χ1v) is 8.12. The molecule has 0 aromatic heterocycles. The Hall–Kier alpha value is -3.50. The van der Waals surface area contributed by atoms with E-state index in [9.17, 15) is 36.3 Å². The number of carbonyl (C=O) groups excluding carboxylic acids is 3. The minimum absolute atomic E-state index is 0.0500. The predicted octanol–water partition coefficient (Wildman–Crippen LogP) is 2.59. The maximum absolute atomic E-state index is 13.7. The molecule has 1 heterocycles. The number of hydrogen-bond acceptors (Lipinski definition) is 3. The van der Waals surface area contributed by atoms with E-state index in [-0.39, 0.29) is 23.2 Å². The second-order valence-electron chi connectivity index (χ2n) is 6.11. The van der Waals surface area contributed by atoms with Crippen LogP contribution in [0.15, 0.2) is 36.4 Å². The van der Waals surface area contributed by atoms with E-state index in [1.807, 2.05) is 5.32 Å². The number of imide groups is 1. The van der Waals surface area contributed by atoms with Gasteiger partial charge < -0.3 is 10.6 Å². The van der Waals surface area contributed by atoms with Gasteiger partial charge in [-0.25, -0.2) is 13.6 Å². The van der Waals surface area contributed by atoms with Gasteiger partial charge in [-0.2, -0.15) is 13.2 Å². The molecule has 1 fully saturated rings. The summed E-state index contributed by atoms with van der Waals surface area (Å²) in [4.78, 5) is 35.0. The molecule has 1 aliphatic heterocycles. The lowest BCUT2D eigenvalue weighted by atomic mass is 9.97. The molecule has 0 radical (unpaired) electrons. The molecule has 0 bridgehead atoms. The zero-order valence-electron chi connectivity index (χ0n) is 14.4.